The summed E-state index contributed by atoms with van der Waals surface area (Å²) in [5.74, 6) is -0.687. The molecule has 0 aromatic heterocycles. The van der Waals surface area contributed by atoms with Gasteiger partial charge in [-0.3, -0.25) is 0 Å². The standard InChI is InChI=1S/C14H14ClFN2O2S/c1-18(9-10-2-4-11(15)5-3-10)21(19,20)14-7-12(16)6-13(17)8-14/h2-8H,9,17H2,1H3. The normalized spacial score (nSPS) is 11.8. The third-order valence-corrected chi connectivity index (χ3v) is 4.95. The summed E-state index contributed by atoms with van der Waals surface area (Å²) in [6.07, 6.45) is 0. The summed E-state index contributed by atoms with van der Waals surface area (Å²) in [7, 11) is -2.39. The number of nitrogens with zero attached hydrogens (tertiary/aromatic N) is 1. The molecule has 0 saturated heterocycles. The summed E-state index contributed by atoms with van der Waals surface area (Å²) in [6, 6.07) is 10.1. The first-order valence-electron chi connectivity index (χ1n) is 6.06. The van der Waals surface area contributed by atoms with Gasteiger partial charge in [0.2, 0.25) is 10.0 Å². The summed E-state index contributed by atoms with van der Waals surface area (Å²) < 4.78 is 39.2. The summed E-state index contributed by atoms with van der Waals surface area (Å²) in [4.78, 5) is -0.170. The van der Waals surface area contributed by atoms with Crippen molar-refractivity contribution in [1.82, 2.24) is 4.31 Å². The van der Waals surface area contributed by atoms with Crippen molar-refractivity contribution in [3.8, 4) is 0 Å². The highest BCUT2D eigenvalue weighted by Gasteiger charge is 2.22. The Kier molecular flexibility index (Phi) is 4.51. The molecule has 0 aliphatic heterocycles. The molecule has 0 bridgehead atoms. The van der Waals surface area contributed by atoms with E-state index in [9.17, 15) is 12.8 Å². The first-order chi connectivity index (χ1) is 9.79. The van der Waals surface area contributed by atoms with Gasteiger partial charge in [0.1, 0.15) is 5.82 Å². The number of hydrogen-bond donors (Lipinski definition) is 1. The van der Waals surface area contributed by atoms with Gasteiger partial charge in [-0.2, -0.15) is 4.31 Å². The molecule has 2 aromatic rings. The minimum atomic E-state index is -3.81. The molecule has 4 nitrogen and oxygen atoms in total. The fourth-order valence-corrected chi connectivity index (χ4v) is 3.20. The van der Waals surface area contributed by atoms with Crippen LogP contribution in [0, 0.1) is 5.82 Å². The molecular weight excluding hydrogens is 315 g/mol. The lowest BCUT2D eigenvalue weighted by Crippen LogP contribution is -2.26. The van der Waals surface area contributed by atoms with Crippen molar-refractivity contribution in [2.75, 3.05) is 12.8 Å². The van der Waals surface area contributed by atoms with Gasteiger partial charge >= 0.3 is 0 Å². The Balaban J connectivity index is 2.28. The van der Waals surface area contributed by atoms with E-state index in [1.54, 1.807) is 24.3 Å². The maximum absolute atomic E-state index is 13.3. The average Bonchev–Trinajstić information content (AvgIpc) is 2.40. The van der Waals surface area contributed by atoms with Gasteiger partial charge in [0.25, 0.3) is 0 Å². The molecule has 112 valence electrons. The minimum absolute atomic E-state index is 0.0634. The second kappa shape index (κ2) is 6.01. The van der Waals surface area contributed by atoms with E-state index in [-0.39, 0.29) is 17.1 Å². The summed E-state index contributed by atoms with van der Waals surface area (Å²) >= 11 is 5.78. The summed E-state index contributed by atoms with van der Waals surface area (Å²) in [5, 5.41) is 0.571. The van der Waals surface area contributed by atoms with Crippen molar-refractivity contribution in [3.05, 3.63) is 58.9 Å². The van der Waals surface area contributed by atoms with Crippen LogP contribution >= 0.6 is 11.6 Å². The number of sulfonamides is 1. The maximum atomic E-state index is 13.3. The highest BCUT2D eigenvalue weighted by atomic mass is 35.5. The van der Waals surface area contributed by atoms with Gasteiger partial charge in [0.15, 0.2) is 0 Å². The van der Waals surface area contributed by atoms with Gasteiger partial charge in [-0.25, -0.2) is 12.8 Å². The van der Waals surface area contributed by atoms with E-state index in [1.807, 2.05) is 0 Å². The first kappa shape index (κ1) is 15.8. The molecule has 0 fully saturated rings. The number of nitrogen functional groups attached to an aromatic ring is 1. The molecule has 21 heavy (non-hydrogen) atoms. The highest BCUT2D eigenvalue weighted by Crippen LogP contribution is 2.21. The van der Waals surface area contributed by atoms with Gasteiger partial charge in [-0.15, -0.1) is 0 Å². The Hall–Kier alpha value is -1.63. The van der Waals surface area contributed by atoms with Crippen molar-refractivity contribution >= 4 is 27.3 Å². The molecule has 0 aliphatic rings. The molecule has 0 spiro atoms. The first-order valence-corrected chi connectivity index (χ1v) is 7.88. The fraction of sp³-hybridized carbons (Fsp3) is 0.143. The van der Waals surface area contributed by atoms with E-state index in [2.05, 4.69) is 0 Å². The number of anilines is 1. The second-order valence-corrected chi connectivity index (χ2v) is 7.09. The molecule has 2 N–H and O–H groups in total. The lowest BCUT2D eigenvalue weighted by Gasteiger charge is -2.17. The van der Waals surface area contributed by atoms with Crippen molar-refractivity contribution in [2.45, 2.75) is 11.4 Å². The Morgan fingerprint density at radius 1 is 1.19 bits per heavy atom. The van der Waals surface area contributed by atoms with E-state index in [0.717, 1.165) is 22.0 Å². The van der Waals surface area contributed by atoms with Gasteiger partial charge in [0.05, 0.1) is 4.90 Å². The zero-order valence-corrected chi connectivity index (χ0v) is 12.8. The van der Waals surface area contributed by atoms with Crippen LogP contribution in [0.3, 0.4) is 0 Å². The number of hydrogen-bond acceptors (Lipinski definition) is 3. The van der Waals surface area contributed by atoms with E-state index < -0.39 is 15.8 Å². The van der Waals surface area contributed by atoms with E-state index in [0.29, 0.717) is 5.02 Å². The molecule has 0 unspecified atom stereocenters. The zero-order chi connectivity index (χ0) is 15.6. The van der Waals surface area contributed by atoms with Crippen LogP contribution in [0.5, 0.6) is 0 Å². The quantitative estimate of drug-likeness (QED) is 0.878. The Labute approximate surface area is 128 Å². The third kappa shape index (κ3) is 3.72. The van der Waals surface area contributed by atoms with Crippen LogP contribution in [0.25, 0.3) is 0 Å². The smallest absolute Gasteiger partial charge is 0.243 e. The number of rotatable bonds is 4. The molecule has 0 atom stereocenters. The highest BCUT2D eigenvalue weighted by molar-refractivity contribution is 7.89. The third-order valence-electron chi connectivity index (χ3n) is 2.92. The average molecular weight is 329 g/mol. The topological polar surface area (TPSA) is 63.4 Å². The lowest BCUT2D eigenvalue weighted by molar-refractivity contribution is 0.466. The van der Waals surface area contributed by atoms with Gasteiger partial charge in [-0.05, 0) is 35.9 Å². The van der Waals surface area contributed by atoms with Crippen LogP contribution in [-0.4, -0.2) is 19.8 Å². The predicted octanol–water partition coefficient (Wildman–Crippen LogP) is 2.88. The lowest BCUT2D eigenvalue weighted by atomic mass is 10.2. The van der Waals surface area contributed by atoms with Crippen LogP contribution in [0.4, 0.5) is 10.1 Å². The van der Waals surface area contributed by atoms with Gasteiger partial charge in [0, 0.05) is 24.3 Å². The second-order valence-electron chi connectivity index (χ2n) is 4.61. The number of nitrogens with two attached hydrogens (primary N) is 1. The Morgan fingerprint density at radius 3 is 2.38 bits per heavy atom. The Bertz CT molecular complexity index is 728. The van der Waals surface area contributed by atoms with Gasteiger partial charge in [-0.1, -0.05) is 23.7 Å². The van der Waals surface area contributed by atoms with Crippen molar-refractivity contribution in [2.24, 2.45) is 0 Å². The number of benzene rings is 2. The van der Waals surface area contributed by atoms with E-state index in [4.69, 9.17) is 17.3 Å². The van der Waals surface area contributed by atoms with Crippen LogP contribution in [0.2, 0.25) is 5.02 Å². The SMILES string of the molecule is CN(Cc1ccc(Cl)cc1)S(=O)(=O)c1cc(N)cc(F)c1. The molecule has 7 heteroatoms. The fourth-order valence-electron chi connectivity index (χ4n) is 1.85. The molecule has 2 rings (SSSR count). The van der Waals surface area contributed by atoms with E-state index in [1.165, 1.54) is 13.1 Å². The molecule has 0 aliphatic carbocycles. The van der Waals surface area contributed by atoms with Gasteiger partial charge < -0.3 is 5.73 Å². The number of halogens is 2. The van der Waals surface area contributed by atoms with Crippen molar-refractivity contribution in [3.63, 3.8) is 0 Å². The molecule has 2 aromatic carbocycles. The molecule has 0 saturated carbocycles. The van der Waals surface area contributed by atoms with Crippen LogP contribution in [-0.2, 0) is 16.6 Å². The van der Waals surface area contributed by atoms with Crippen molar-refractivity contribution in [1.29, 1.82) is 0 Å². The zero-order valence-electron chi connectivity index (χ0n) is 11.3. The molecular formula is C14H14ClFN2O2S. The largest absolute Gasteiger partial charge is 0.399 e. The monoisotopic (exact) mass is 328 g/mol. The molecule has 0 radical (unpaired) electrons. The minimum Gasteiger partial charge on any atom is -0.399 e. The molecule has 0 amide bonds. The van der Waals surface area contributed by atoms with Crippen LogP contribution < -0.4 is 5.73 Å². The van der Waals surface area contributed by atoms with Crippen LogP contribution in [0.15, 0.2) is 47.4 Å². The predicted molar refractivity (Wildman–Crippen MR) is 80.9 cm³/mol. The van der Waals surface area contributed by atoms with Crippen molar-refractivity contribution < 1.29 is 12.8 Å². The van der Waals surface area contributed by atoms with Crippen LogP contribution in [0.1, 0.15) is 5.56 Å². The summed E-state index contributed by atoms with van der Waals surface area (Å²) in [6.45, 7) is 0.149. The molecule has 0 heterocycles. The maximum Gasteiger partial charge on any atom is 0.243 e. The van der Waals surface area contributed by atoms with E-state index >= 15 is 0 Å². The Morgan fingerprint density at radius 2 is 1.81 bits per heavy atom. The summed E-state index contributed by atoms with van der Waals surface area (Å²) in [5.41, 5.74) is 6.32.